The molecule has 0 aromatic carbocycles. The van der Waals surface area contributed by atoms with Gasteiger partial charge in [-0.3, -0.25) is 0 Å². The van der Waals surface area contributed by atoms with E-state index in [9.17, 15) is 5.11 Å². The summed E-state index contributed by atoms with van der Waals surface area (Å²) in [7, 11) is 0. The van der Waals surface area contributed by atoms with E-state index in [1.165, 1.54) is 44.1 Å². The first-order chi connectivity index (χ1) is 25.8. The van der Waals surface area contributed by atoms with E-state index in [0.717, 1.165) is 65.4 Å². The van der Waals surface area contributed by atoms with Crippen LogP contribution < -0.4 is 0 Å². The van der Waals surface area contributed by atoms with Crippen molar-refractivity contribution < 1.29 is 26.2 Å². The predicted octanol–water partition coefficient (Wildman–Crippen LogP) is 18.9. The Morgan fingerprint density at radius 1 is 0.712 bits per heavy atom. The summed E-state index contributed by atoms with van der Waals surface area (Å²) in [5.74, 6) is 4.57. The predicted molar refractivity (Wildman–Crippen MR) is 272 cm³/mol. The van der Waals surface area contributed by atoms with Gasteiger partial charge in [0.15, 0.2) is 0 Å². The smallest absolute Gasteiger partial charge is 0.0627 e. The van der Waals surface area contributed by atoms with Gasteiger partial charge in [-0.1, -0.05) is 198 Å². The molecule has 0 bridgehead atoms. The average molecular weight is 991 g/mol. The molecular weight excluding hydrogens is 884 g/mol. The van der Waals surface area contributed by atoms with E-state index in [1.54, 1.807) is 13.0 Å². The van der Waals surface area contributed by atoms with Crippen LogP contribution in [-0.2, 0) is 21.1 Å². The molecule has 0 saturated heterocycles. The third kappa shape index (κ3) is 45.7. The van der Waals surface area contributed by atoms with Crippen LogP contribution in [0, 0.1) is 57.2 Å². The Morgan fingerprint density at radius 3 is 1.25 bits per heavy atom. The monoisotopic (exact) mass is 991 g/mol. The largest absolute Gasteiger partial charge is 0.390 e. The van der Waals surface area contributed by atoms with Gasteiger partial charge in [0.1, 0.15) is 0 Å². The second-order valence-electron chi connectivity index (χ2n) is 22.9. The Hall–Kier alpha value is -1.61. The topological polar surface area (TPSA) is 20.2 Å². The van der Waals surface area contributed by atoms with Crippen molar-refractivity contribution in [3.05, 3.63) is 85.6 Å². The first-order valence-electron chi connectivity index (χ1n) is 22.5. The van der Waals surface area contributed by atoms with Crippen molar-refractivity contribution in [2.24, 2.45) is 44.8 Å². The van der Waals surface area contributed by atoms with Crippen LogP contribution in [0.2, 0.25) is 0 Å². The molecule has 0 aromatic heterocycles. The van der Waals surface area contributed by atoms with Crippen molar-refractivity contribution in [3.8, 4) is 12.3 Å². The molecule has 2 saturated carbocycles. The van der Waals surface area contributed by atoms with E-state index in [1.807, 2.05) is 34.6 Å². The van der Waals surface area contributed by atoms with Gasteiger partial charge in [-0.2, -0.15) is 0 Å². The van der Waals surface area contributed by atoms with Crippen LogP contribution in [-0.4, -0.2) is 10.7 Å². The fraction of sp³-hybridized carbons (Fsp3) is 0.719. The molecule has 2 heteroatoms. The van der Waals surface area contributed by atoms with Crippen LogP contribution in [0.3, 0.4) is 0 Å². The van der Waals surface area contributed by atoms with Crippen molar-refractivity contribution in [3.63, 3.8) is 0 Å². The van der Waals surface area contributed by atoms with Crippen LogP contribution in [0.1, 0.15) is 217 Å². The van der Waals surface area contributed by atoms with Gasteiger partial charge in [-0.15, -0.1) is 12.3 Å². The van der Waals surface area contributed by atoms with Gasteiger partial charge in [0.25, 0.3) is 0 Å². The van der Waals surface area contributed by atoms with E-state index < -0.39 is 5.60 Å². The third-order valence-electron chi connectivity index (χ3n) is 10.1. The Labute approximate surface area is 389 Å². The first-order valence-corrected chi connectivity index (χ1v) is 22.5. The van der Waals surface area contributed by atoms with E-state index in [0.29, 0.717) is 33.0 Å². The van der Waals surface area contributed by atoms with E-state index in [2.05, 4.69) is 169 Å². The molecule has 0 heterocycles. The maximum atomic E-state index is 9.88. The van der Waals surface area contributed by atoms with Gasteiger partial charge >= 0.3 is 0 Å². The molecule has 2 fully saturated rings. The van der Waals surface area contributed by atoms with Gasteiger partial charge in [0, 0.05) is 21.1 Å². The summed E-state index contributed by atoms with van der Waals surface area (Å²) >= 11 is 0. The van der Waals surface area contributed by atoms with Crippen molar-refractivity contribution in [1.29, 1.82) is 0 Å². The molecule has 0 radical (unpaired) electrons. The molecule has 1 nitrogen and oxygen atoms in total. The SMILES string of the molecule is C#CC.C=C(C)C(=C)CC.C=C(C)C(=C)CC1CC(C)(C)CC(C)(C)C1.C=CC(=C)C(=C)C.CC.CC(CC(C)(C)C)CC(C)(C)C.CC1CC(C)(C)CC(C)(O)C1.[W]. The van der Waals surface area contributed by atoms with Gasteiger partial charge in [0.2, 0.25) is 0 Å². The van der Waals surface area contributed by atoms with Gasteiger partial charge in [0.05, 0.1) is 5.60 Å². The van der Waals surface area contributed by atoms with Crippen molar-refractivity contribution in [2.75, 3.05) is 0 Å². The first kappa shape index (κ1) is 69.1. The minimum Gasteiger partial charge on any atom is -0.390 e. The zero-order chi connectivity index (χ0) is 47.7. The fourth-order valence-corrected chi connectivity index (χ4v) is 9.32. The molecule has 1 N–H and O–H groups in total. The fourth-order valence-electron chi connectivity index (χ4n) is 9.32. The molecule has 2 aliphatic carbocycles. The Kier molecular flexibility index (Phi) is 37.6. The summed E-state index contributed by atoms with van der Waals surface area (Å²) in [6.07, 6.45) is 18.3. The molecule has 2 aliphatic rings. The Morgan fingerprint density at radius 2 is 1.05 bits per heavy atom. The summed E-state index contributed by atoms with van der Waals surface area (Å²) in [5.41, 5.74) is 8.43. The summed E-state index contributed by atoms with van der Waals surface area (Å²) in [6.45, 7) is 74.8. The molecule has 2 rings (SSSR count). The van der Waals surface area contributed by atoms with E-state index in [-0.39, 0.29) is 21.1 Å². The van der Waals surface area contributed by atoms with Crippen molar-refractivity contribution >= 4 is 0 Å². The number of rotatable bonds is 9. The maximum Gasteiger partial charge on any atom is 0.0627 e. The summed E-state index contributed by atoms with van der Waals surface area (Å²) in [5, 5.41) is 9.88. The van der Waals surface area contributed by atoms with Crippen LogP contribution in [0.15, 0.2) is 85.6 Å². The van der Waals surface area contributed by atoms with Crippen LogP contribution >= 0.6 is 0 Å². The zero-order valence-corrected chi connectivity index (χ0v) is 47.2. The van der Waals surface area contributed by atoms with Crippen LogP contribution in [0.4, 0.5) is 0 Å². The minimum absolute atomic E-state index is 0. The number of hydrogen-bond acceptors (Lipinski definition) is 1. The normalized spacial score (nSPS) is 19.7. The quantitative estimate of drug-likeness (QED) is 0.180. The zero-order valence-electron chi connectivity index (χ0n) is 44.3. The molecular formula is C57H106OW. The molecule has 0 aromatic rings. The summed E-state index contributed by atoms with van der Waals surface area (Å²) in [4.78, 5) is 0. The number of terminal acetylenes is 1. The standard InChI is InChI=1S/C16H28.C12H26.C10H20O.C7H12.C7H10.C3H4.C2H6.W/c1-12(2)13(3)8-14-9-15(4,5)11-16(6,7)10-14;1-10(8-11(2,3)4)9-12(5,6)7;1-8-5-9(2,3)7-10(4,11)6-8;2*1-5-7(4)6(2)3;1-3-2;1-2;/h14H,1,3,8-11H2,2,4-7H3;10H,8-9H2,1-7H3;8,11H,5-7H2,1-4H3;2,4-5H2,1,3H3;5H,1-2,4H2,3H3;1H,2H3;1-2H3;. The van der Waals surface area contributed by atoms with Gasteiger partial charge in [-0.05, 0) is 149 Å². The van der Waals surface area contributed by atoms with Crippen molar-refractivity contribution in [2.45, 2.75) is 222 Å². The molecule has 59 heavy (non-hydrogen) atoms. The number of aliphatic hydroxyl groups is 1. The molecule has 2 atom stereocenters. The molecule has 0 aliphatic heterocycles. The Bertz CT molecular complexity index is 1220. The molecule has 0 amide bonds. The second-order valence-corrected chi connectivity index (χ2v) is 22.9. The van der Waals surface area contributed by atoms with Crippen molar-refractivity contribution in [1.82, 2.24) is 0 Å². The molecule has 346 valence electrons. The maximum absolute atomic E-state index is 9.88. The molecule has 0 spiro atoms. The average Bonchev–Trinajstić information content (AvgIpc) is 2.97. The van der Waals surface area contributed by atoms with E-state index >= 15 is 0 Å². The summed E-state index contributed by atoms with van der Waals surface area (Å²) in [6, 6.07) is 0. The van der Waals surface area contributed by atoms with E-state index in [4.69, 9.17) is 0 Å². The van der Waals surface area contributed by atoms with Gasteiger partial charge in [-0.25, -0.2) is 0 Å². The van der Waals surface area contributed by atoms with Crippen LogP contribution in [0.25, 0.3) is 0 Å². The number of allylic oxidation sites excluding steroid dienone is 7. The molecule has 2 unspecified atom stereocenters. The summed E-state index contributed by atoms with van der Waals surface area (Å²) < 4.78 is 0. The Balaban J connectivity index is -0.000000148. The second kappa shape index (κ2) is 32.1. The van der Waals surface area contributed by atoms with Gasteiger partial charge < -0.3 is 5.11 Å². The number of hydrogen-bond donors (Lipinski definition) is 1. The third-order valence-corrected chi connectivity index (χ3v) is 10.1. The van der Waals surface area contributed by atoms with Crippen LogP contribution in [0.5, 0.6) is 0 Å². The minimum atomic E-state index is -0.416.